The minimum absolute atomic E-state index is 0.0388. The predicted molar refractivity (Wildman–Crippen MR) is 116 cm³/mol. The van der Waals surface area contributed by atoms with Crippen LogP contribution in [0.5, 0.6) is 5.75 Å². The number of carbonyl (C=O) groups excluding carboxylic acids is 1. The van der Waals surface area contributed by atoms with E-state index in [2.05, 4.69) is 10.2 Å². The summed E-state index contributed by atoms with van der Waals surface area (Å²) in [5.74, 6) is 0.461. The van der Waals surface area contributed by atoms with Crippen LogP contribution >= 0.6 is 0 Å². The van der Waals surface area contributed by atoms with Crippen LogP contribution < -0.4 is 4.74 Å². The van der Waals surface area contributed by atoms with Crippen molar-refractivity contribution < 1.29 is 22.7 Å². The number of carbonyl (C=O) groups is 1. The highest BCUT2D eigenvalue weighted by Crippen LogP contribution is 2.42. The van der Waals surface area contributed by atoms with Gasteiger partial charge in [-0.25, -0.2) is 0 Å². The lowest BCUT2D eigenvalue weighted by Crippen LogP contribution is -2.39. The number of benzene rings is 1. The Labute approximate surface area is 189 Å². The Bertz CT molecular complexity index is 1240. The van der Waals surface area contributed by atoms with Crippen LogP contribution in [0, 0.1) is 13.8 Å². The summed E-state index contributed by atoms with van der Waals surface area (Å²) in [7, 11) is 4.68. The van der Waals surface area contributed by atoms with Crippen LogP contribution in [0.2, 0.25) is 0 Å². The summed E-state index contributed by atoms with van der Waals surface area (Å²) in [6.07, 6.45) is -4.20. The normalized spacial score (nSPS) is 16.2. The Hall–Kier alpha value is -3.30. The van der Waals surface area contributed by atoms with Gasteiger partial charge in [-0.3, -0.25) is 14.2 Å². The molecule has 4 rings (SSSR count). The molecule has 176 valence electrons. The van der Waals surface area contributed by atoms with E-state index in [9.17, 15) is 18.0 Å². The number of nitrogens with zero attached hydrogens (tertiary/aromatic N) is 5. The molecule has 0 radical (unpaired) electrons. The van der Waals surface area contributed by atoms with Crippen molar-refractivity contribution in [3.05, 3.63) is 52.0 Å². The van der Waals surface area contributed by atoms with E-state index < -0.39 is 17.9 Å². The molecule has 0 aliphatic carbocycles. The molecule has 1 unspecified atom stereocenters. The number of ether oxygens (including phenoxy) is 1. The molecule has 10 heteroatoms. The summed E-state index contributed by atoms with van der Waals surface area (Å²) in [4.78, 5) is 15.1. The zero-order valence-corrected chi connectivity index (χ0v) is 19.4. The van der Waals surface area contributed by atoms with Crippen molar-refractivity contribution in [2.24, 2.45) is 14.1 Å². The van der Waals surface area contributed by atoms with Gasteiger partial charge in [-0.15, -0.1) is 0 Å². The second kappa shape index (κ2) is 7.93. The summed E-state index contributed by atoms with van der Waals surface area (Å²) in [5.41, 5.74) is 2.52. The van der Waals surface area contributed by atoms with Gasteiger partial charge in [0.25, 0.3) is 5.91 Å². The highest BCUT2D eigenvalue weighted by Gasteiger charge is 2.42. The lowest BCUT2D eigenvalue weighted by Gasteiger charge is -2.33. The topological polar surface area (TPSA) is 65.2 Å². The van der Waals surface area contributed by atoms with E-state index in [1.165, 1.54) is 16.4 Å². The van der Waals surface area contributed by atoms with E-state index in [1.54, 1.807) is 44.2 Å². The van der Waals surface area contributed by atoms with E-state index in [1.807, 2.05) is 13.8 Å². The Morgan fingerprint density at radius 1 is 1.15 bits per heavy atom. The predicted octanol–water partition coefficient (Wildman–Crippen LogP) is 4.22. The lowest BCUT2D eigenvalue weighted by molar-refractivity contribution is -0.141. The molecule has 33 heavy (non-hydrogen) atoms. The van der Waals surface area contributed by atoms with Crippen LogP contribution in [0.3, 0.4) is 0 Å². The molecule has 1 amide bonds. The molecular formula is C23H26F3N5O2. The van der Waals surface area contributed by atoms with Gasteiger partial charge in [-0.1, -0.05) is 6.07 Å². The number of alkyl halides is 3. The van der Waals surface area contributed by atoms with Gasteiger partial charge in [0, 0.05) is 43.0 Å². The molecule has 0 fully saturated rings. The fraction of sp³-hybridized carbons (Fsp3) is 0.435. The second-order valence-corrected chi connectivity index (χ2v) is 8.32. The fourth-order valence-electron chi connectivity index (χ4n) is 4.65. The van der Waals surface area contributed by atoms with E-state index in [0.717, 1.165) is 11.1 Å². The minimum atomic E-state index is -4.59. The van der Waals surface area contributed by atoms with Crippen molar-refractivity contribution >= 4 is 5.91 Å². The number of rotatable bonds is 3. The molecule has 0 saturated carbocycles. The lowest BCUT2D eigenvalue weighted by atomic mass is 9.93. The number of amides is 1. The molecule has 2 aromatic heterocycles. The first kappa shape index (κ1) is 22.9. The third-order valence-electron chi connectivity index (χ3n) is 6.48. The molecule has 0 N–H and O–H groups in total. The van der Waals surface area contributed by atoms with Crippen LogP contribution in [-0.2, 0) is 26.7 Å². The molecule has 7 nitrogen and oxygen atoms in total. The smallest absolute Gasteiger partial charge is 0.435 e. The first-order chi connectivity index (χ1) is 15.5. The van der Waals surface area contributed by atoms with Crippen molar-refractivity contribution in [1.82, 2.24) is 24.5 Å². The number of fused-ring (bicyclic) bond motifs is 1. The molecule has 1 aliphatic rings. The van der Waals surface area contributed by atoms with E-state index >= 15 is 0 Å². The Morgan fingerprint density at radius 3 is 2.48 bits per heavy atom. The largest absolute Gasteiger partial charge is 0.496 e. The zero-order chi connectivity index (χ0) is 24.2. The van der Waals surface area contributed by atoms with Crippen molar-refractivity contribution in [3.8, 4) is 17.0 Å². The van der Waals surface area contributed by atoms with Crippen molar-refractivity contribution in [2.45, 2.75) is 39.4 Å². The molecule has 1 atom stereocenters. The Morgan fingerprint density at radius 2 is 1.85 bits per heavy atom. The van der Waals surface area contributed by atoms with Gasteiger partial charge in [-0.05, 0) is 39.3 Å². The van der Waals surface area contributed by atoms with Gasteiger partial charge in [0.15, 0.2) is 5.69 Å². The van der Waals surface area contributed by atoms with Crippen molar-refractivity contribution in [3.63, 3.8) is 0 Å². The molecule has 0 bridgehead atoms. The highest BCUT2D eigenvalue weighted by atomic mass is 19.4. The maximum atomic E-state index is 13.8. The number of hydrogen-bond acceptors (Lipinski definition) is 4. The minimum Gasteiger partial charge on any atom is -0.496 e. The van der Waals surface area contributed by atoms with Gasteiger partial charge < -0.3 is 9.64 Å². The van der Waals surface area contributed by atoms with Crippen LogP contribution in [0.1, 0.15) is 51.5 Å². The summed E-state index contributed by atoms with van der Waals surface area (Å²) in [6, 6.07) is 4.91. The monoisotopic (exact) mass is 461 g/mol. The average Bonchev–Trinajstić information content (AvgIpc) is 3.24. The van der Waals surface area contributed by atoms with Crippen molar-refractivity contribution in [2.75, 3.05) is 13.7 Å². The quantitative estimate of drug-likeness (QED) is 0.586. The summed E-state index contributed by atoms with van der Waals surface area (Å²) in [5, 5.41) is 8.29. The summed E-state index contributed by atoms with van der Waals surface area (Å²) >= 11 is 0. The summed E-state index contributed by atoms with van der Waals surface area (Å²) in [6.45, 7) is 5.66. The third kappa shape index (κ3) is 3.57. The van der Waals surface area contributed by atoms with E-state index in [4.69, 9.17) is 4.74 Å². The number of aromatic nitrogens is 4. The molecule has 0 spiro atoms. The zero-order valence-electron chi connectivity index (χ0n) is 19.4. The molecule has 3 heterocycles. The molecule has 0 saturated heterocycles. The first-order valence-corrected chi connectivity index (χ1v) is 10.6. The first-order valence-electron chi connectivity index (χ1n) is 10.6. The highest BCUT2D eigenvalue weighted by molar-refractivity contribution is 5.96. The molecule has 1 aromatic carbocycles. The van der Waals surface area contributed by atoms with Crippen LogP contribution in [0.15, 0.2) is 18.2 Å². The number of halogens is 3. The standard InChI is InChI=1S/C23H26F3N5O2/c1-12-15(8-7-9-17(12)33-6)22(32)31-11-10-16-19(14(31)3)27-30(5)20(16)18-13(2)29(4)28-21(18)23(24,25)26/h7-9,14H,10-11H2,1-6H3. The fourth-order valence-corrected chi connectivity index (χ4v) is 4.65. The molecular weight excluding hydrogens is 435 g/mol. The molecule has 1 aliphatic heterocycles. The number of methoxy groups -OCH3 is 1. The van der Waals surface area contributed by atoms with Gasteiger partial charge in [0.1, 0.15) is 5.75 Å². The number of hydrogen-bond donors (Lipinski definition) is 0. The van der Waals surface area contributed by atoms with Crippen LogP contribution in [0.25, 0.3) is 11.3 Å². The SMILES string of the molecule is COc1cccc(C(=O)N2CCc3c(nn(C)c3-c3c(C(F)(F)F)nn(C)c3C)C2C)c1C. The third-order valence-corrected chi connectivity index (χ3v) is 6.48. The maximum absolute atomic E-state index is 13.8. The van der Waals surface area contributed by atoms with E-state index in [0.29, 0.717) is 41.4 Å². The van der Waals surface area contributed by atoms with Gasteiger partial charge >= 0.3 is 6.18 Å². The van der Waals surface area contributed by atoms with Gasteiger partial charge in [0.2, 0.25) is 0 Å². The van der Waals surface area contributed by atoms with Gasteiger partial charge in [-0.2, -0.15) is 23.4 Å². The van der Waals surface area contributed by atoms with Crippen LogP contribution in [-0.4, -0.2) is 44.0 Å². The summed E-state index contributed by atoms with van der Waals surface area (Å²) < 4.78 is 49.3. The maximum Gasteiger partial charge on any atom is 0.435 e. The molecule has 3 aromatic rings. The van der Waals surface area contributed by atoms with Crippen molar-refractivity contribution in [1.29, 1.82) is 0 Å². The second-order valence-electron chi connectivity index (χ2n) is 8.32. The van der Waals surface area contributed by atoms with E-state index in [-0.39, 0.29) is 11.5 Å². The van der Waals surface area contributed by atoms with Crippen LogP contribution in [0.4, 0.5) is 13.2 Å². The number of aryl methyl sites for hydroxylation is 2. The van der Waals surface area contributed by atoms with Gasteiger partial charge in [0.05, 0.1) is 30.1 Å². The Kier molecular flexibility index (Phi) is 5.50. The Balaban J connectivity index is 1.78. The average molecular weight is 461 g/mol.